The van der Waals surface area contributed by atoms with E-state index in [1.165, 1.54) is 0 Å². The molecule has 0 saturated carbocycles. The average Bonchev–Trinajstić information content (AvgIpc) is 3.24. The molecule has 2 aromatic carbocycles. The van der Waals surface area contributed by atoms with Gasteiger partial charge < -0.3 is 14.2 Å². The maximum absolute atomic E-state index is 13.4. The Morgan fingerprint density at radius 3 is 2.58 bits per heavy atom. The molecule has 0 unspecified atom stereocenters. The minimum Gasteiger partial charge on any atom is -0.497 e. The molecule has 7 nitrogen and oxygen atoms in total. The van der Waals surface area contributed by atoms with Crippen molar-refractivity contribution in [1.29, 1.82) is 0 Å². The van der Waals surface area contributed by atoms with Gasteiger partial charge in [-0.25, -0.2) is 0 Å². The average molecular weight is 419 g/mol. The predicted octanol–water partition coefficient (Wildman–Crippen LogP) is 4.18. The van der Waals surface area contributed by atoms with Crippen molar-refractivity contribution >= 4 is 23.3 Å². The highest BCUT2D eigenvalue weighted by Crippen LogP contribution is 2.37. The van der Waals surface area contributed by atoms with E-state index in [0.29, 0.717) is 42.4 Å². The first-order chi connectivity index (χ1) is 15.0. The van der Waals surface area contributed by atoms with Crippen molar-refractivity contribution in [3.05, 3.63) is 71.5 Å². The molecule has 1 aliphatic rings. The van der Waals surface area contributed by atoms with Crippen molar-refractivity contribution in [2.24, 2.45) is 0 Å². The molecular weight excluding hydrogens is 394 g/mol. The van der Waals surface area contributed by atoms with E-state index < -0.39 is 0 Å². The fourth-order valence-electron chi connectivity index (χ4n) is 4.02. The van der Waals surface area contributed by atoms with E-state index >= 15 is 0 Å². The number of aryl methyl sites for hydroxylation is 1. The number of ether oxygens (including phenoxy) is 1. The molecule has 0 saturated heterocycles. The van der Waals surface area contributed by atoms with Crippen LogP contribution in [-0.2, 0) is 4.79 Å². The standard InChI is InChI=1S/C24H25N3O4/c1-4-26(22-15-16(2)31-25-22)24(29)20-13-14-27(21-8-6-5-7-19(20)21)23(28)17-9-11-18(30-3)12-10-17/h5-12,15,20H,4,13-14H2,1-3H3/t20-/m0/s1. The molecule has 31 heavy (non-hydrogen) atoms. The number of carbonyl (C=O) groups excluding carboxylic acids is 2. The number of rotatable bonds is 5. The normalized spacial score (nSPS) is 15.3. The van der Waals surface area contributed by atoms with Crippen molar-refractivity contribution in [3.63, 3.8) is 0 Å². The van der Waals surface area contributed by atoms with E-state index in [1.807, 2.05) is 31.2 Å². The van der Waals surface area contributed by atoms with Crippen molar-refractivity contribution in [1.82, 2.24) is 5.16 Å². The molecular formula is C24H25N3O4. The summed E-state index contributed by atoms with van der Waals surface area (Å²) in [4.78, 5) is 30.1. The number of amides is 2. The first-order valence-corrected chi connectivity index (χ1v) is 10.3. The van der Waals surface area contributed by atoms with E-state index in [4.69, 9.17) is 9.26 Å². The molecule has 1 aliphatic heterocycles. The van der Waals surface area contributed by atoms with E-state index in [0.717, 1.165) is 11.3 Å². The van der Waals surface area contributed by atoms with Crippen molar-refractivity contribution in [2.45, 2.75) is 26.2 Å². The van der Waals surface area contributed by atoms with Crippen LogP contribution in [0.3, 0.4) is 0 Å². The maximum atomic E-state index is 13.4. The van der Waals surface area contributed by atoms with Crippen LogP contribution in [0, 0.1) is 6.92 Å². The topological polar surface area (TPSA) is 75.9 Å². The Bertz CT molecular complexity index is 1090. The quantitative estimate of drug-likeness (QED) is 0.620. The Hall–Kier alpha value is -3.61. The van der Waals surface area contributed by atoms with E-state index in [1.54, 1.807) is 54.2 Å². The summed E-state index contributed by atoms with van der Waals surface area (Å²) in [6, 6.07) is 16.4. The van der Waals surface area contributed by atoms with Crippen molar-refractivity contribution in [2.75, 3.05) is 30.0 Å². The lowest BCUT2D eigenvalue weighted by atomic mass is 9.88. The lowest BCUT2D eigenvalue weighted by Crippen LogP contribution is -2.42. The highest BCUT2D eigenvalue weighted by molar-refractivity contribution is 6.08. The van der Waals surface area contributed by atoms with Gasteiger partial charge >= 0.3 is 0 Å². The number of anilines is 2. The summed E-state index contributed by atoms with van der Waals surface area (Å²) in [5, 5.41) is 4.01. The van der Waals surface area contributed by atoms with Crippen LogP contribution in [0.2, 0.25) is 0 Å². The molecule has 1 aromatic heterocycles. The molecule has 160 valence electrons. The number of methoxy groups -OCH3 is 1. The van der Waals surface area contributed by atoms with E-state index in [-0.39, 0.29) is 17.7 Å². The molecule has 0 radical (unpaired) electrons. The number of hydrogen-bond acceptors (Lipinski definition) is 5. The van der Waals surface area contributed by atoms with Gasteiger partial charge in [0.25, 0.3) is 5.91 Å². The summed E-state index contributed by atoms with van der Waals surface area (Å²) < 4.78 is 10.3. The third kappa shape index (κ3) is 3.91. The van der Waals surface area contributed by atoms with Gasteiger partial charge in [0.05, 0.1) is 13.0 Å². The molecule has 0 spiro atoms. The number of carbonyl (C=O) groups is 2. The lowest BCUT2D eigenvalue weighted by molar-refractivity contribution is -0.120. The summed E-state index contributed by atoms with van der Waals surface area (Å²) in [5.74, 6) is 1.37. The molecule has 0 aliphatic carbocycles. The zero-order valence-electron chi connectivity index (χ0n) is 17.9. The van der Waals surface area contributed by atoms with Gasteiger partial charge in [-0.05, 0) is 56.2 Å². The zero-order chi connectivity index (χ0) is 22.0. The Balaban J connectivity index is 1.63. The SMILES string of the molecule is CCN(C(=O)[C@H]1CCN(C(=O)c2ccc(OC)cc2)c2ccccc21)c1cc(C)on1. The van der Waals surface area contributed by atoms with Gasteiger partial charge in [-0.15, -0.1) is 0 Å². The number of nitrogens with zero attached hydrogens (tertiary/aromatic N) is 3. The first kappa shape index (κ1) is 20.7. The summed E-state index contributed by atoms with van der Waals surface area (Å²) in [7, 11) is 1.59. The monoisotopic (exact) mass is 419 g/mol. The third-order valence-corrected chi connectivity index (χ3v) is 5.60. The van der Waals surface area contributed by atoms with Crippen LogP contribution < -0.4 is 14.5 Å². The molecule has 0 fully saturated rings. The number of hydrogen-bond donors (Lipinski definition) is 0. The van der Waals surface area contributed by atoms with Gasteiger partial charge in [-0.3, -0.25) is 14.5 Å². The Labute approximate surface area is 181 Å². The Morgan fingerprint density at radius 1 is 1.19 bits per heavy atom. The highest BCUT2D eigenvalue weighted by atomic mass is 16.5. The lowest BCUT2D eigenvalue weighted by Gasteiger charge is -2.35. The minimum absolute atomic E-state index is 0.0419. The first-order valence-electron chi connectivity index (χ1n) is 10.3. The number of likely N-dealkylation sites (N-methyl/N-ethyl adjacent to an activating group) is 1. The Morgan fingerprint density at radius 2 is 1.94 bits per heavy atom. The van der Waals surface area contributed by atoms with Crippen LogP contribution >= 0.6 is 0 Å². The van der Waals surface area contributed by atoms with Crippen LogP contribution in [0.1, 0.15) is 40.9 Å². The second-order valence-electron chi connectivity index (χ2n) is 7.46. The molecule has 0 N–H and O–H groups in total. The van der Waals surface area contributed by atoms with Crippen LogP contribution in [-0.4, -0.2) is 37.2 Å². The summed E-state index contributed by atoms with van der Waals surface area (Å²) >= 11 is 0. The van der Waals surface area contributed by atoms with E-state index in [2.05, 4.69) is 5.16 Å². The zero-order valence-corrected chi connectivity index (χ0v) is 17.9. The molecule has 7 heteroatoms. The molecule has 2 heterocycles. The summed E-state index contributed by atoms with van der Waals surface area (Å²) in [6.07, 6.45) is 0.533. The van der Waals surface area contributed by atoms with Crippen molar-refractivity contribution in [3.8, 4) is 5.75 Å². The number of fused-ring (bicyclic) bond motifs is 1. The Kier molecular flexibility index (Phi) is 5.75. The molecule has 0 bridgehead atoms. The second kappa shape index (κ2) is 8.63. The van der Waals surface area contributed by atoms with Gasteiger partial charge in [0.15, 0.2) is 5.82 Å². The smallest absolute Gasteiger partial charge is 0.258 e. The van der Waals surface area contributed by atoms with Crippen LogP contribution in [0.25, 0.3) is 0 Å². The highest BCUT2D eigenvalue weighted by Gasteiger charge is 2.35. The van der Waals surface area contributed by atoms with Gasteiger partial charge in [0.2, 0.25) is 5.91 Å². The van der Waals surface area contributed by atoms with Gasteiger partial charge in [-0.2, -0.15) is 0 Å². The molecule has 4 rings (SSSR count). The molecule has 2 amide bonds. The molecule has 1 atom stereocenters. The van der Waals surface area contributed by atoms with Crippen LogP contribution in [0.4, 0.5) is 11.5 Å². The van der Waals surface area contributed by atoms with Gasteiger partial charge in [0, 0.05) is 30.4 Å². The largest absolute Gasteiger partial charge is 0.497 e. The molecule has 3 aromatic rings. The van der Waals surface area contributed by atoms with Gasteiger partial charge in [-0.1, -0.05) is 23.4 Å². The number of para-hydroxylation sites is 1. The van der Waals surface area contributed by atoms with Crippen molar-refractivity contribution < 1.29 is 18.8 Å². The summed E-state index contributed by atoms with van der Waals surface area (Å²) in [6.45, 7) is 4.65. The number of aromatic nitrogens is 1. The van der Waals surface area contributed by atoms with Crippen LogP contribution in [0.5, 0.6) is 5.75 Å². The van der Waals surface area contributed by atoms with Gasteiger partial charge in [0.1, 0.15) is 11.5 Å². The third-order valence-electron chi connectivity index (χ3n) is 5.60. The maximum Gasteiger partial charge on any atom is 0.258 e. The second-order valence-corrected chi connectivity index (χ2v) is 7.46. The fourth-order valence-corrected chi connectivity index (χ4v) is 4.02. The minimum atomic E-state index is -0.354. The summed E-state index contributed by atoms with van der Waals surface area (Å²) in [5.41, 5.74) is 2.19. The van der Waals surface area contributed by atoms with Crippen LogP contribution in [0.15, 0.2) is 59.1 Å². The van der Waals surface area contributed by atoms with E-state index in [9.17, 15) is 9.59 Å². The fraction of sp³-hybridized carbons (Fsp3) is 0.292. The number of benzene rings is 2. The predicted molar refractivity (Wildman–Crippen MR) is 118 cm³/mol.